The molecule has 1 saturated heterocycles. The number of hydrogen-bond donors (Lipinski definition) is 1. The van der Waals surface area contributed by atoms with Crippen LogP contribution >= 0.6 is 11.6 Å². The Bertz CT molecular complexity index is 638. The molecule has 1 unspecified atom stereocenters. The minimum Gasteiger partial charge on any atom is -0.489 e. The maximum Gasteiger partial charge on any atom is 0.239 e. The highest BCUT2D eigenvalue weighted by atomic mass is 35.5. The van der Waals surface area contributed by atoms with E-state index in [0.29, 0.717) is 68.5 Å². The largest absolute Gasteiger partial charge is 0.489 e. The summed E-state index contributed by atoms with van der Waals surface area (Å²) in [7, 11) is 0. The summed E-state index contributed by atoms with van der Waals surface area (Å²) in [5.41, 5.74) is 1.00. The second-order valence-electron chi connectivity index (χ2n) is 7.16. The van der Waals surface area contributed by atoms with Crippen molar-refractivity contribution in [2.45, 2.75) is 32.9 Å². The molecule has 0 aliphatic carbocycles. The number of halogens is 1. The lowest BCUT2D eigenvalue weighted by Crippen LogP contribution is -2.53. The summed E-state index contributed by atoms with van der Waals surface area (Å²) in [6, 6.07) is 3.57. The quantitative estimate of drug-likeness (QED) is 0.847. The van der Waals surface area contributed by atoms with Crippen LogP contribution < -0.4 is 14.8 Å². The topological polar surface area (TPSA) is 60.0 Å². The van der Waals surface area contributed by atoms with Crippen LogP contribution in [-0.4, -0.2) is 56.4 Å². The molecule has 6 nitrogen and oxygen atoms in total. The number of fused-ring (bicyclic) bond motifs is 1. The predicted octanol–water partition coefficient (Wildman–Crippen LogP) is 2.47. The van der Waals surface area contributed by atoms with E-state index in [-0.39, 0.29) is 11.9 Å². The minimum absolute atomic E-state index is 0.0128. The number of carbonyl (C=O) groups excluding carboxylic acids is 1. The van der Waals surface area contributed by atoms with E-state index in [1.807, 2.05) is 12.1 Å². The van der Waals surface area contributed by atoms with Crippen molar-refractivity contribution in [1.29, 1.82) is 0 Å². The Hall–Kier alpha value is -1.50. The average molecular weight is 383 g/mol. The van der Waals surface area contributed by atoms with Gasteiger partial charge in [-0.15, -0.1) is 0 Å². The molecule has 2 heterocycles. The van der Waals surface area contributed by atoms with Gasteiger partial charge < -0.3 is 19.5 Å². The lowest BCUT2D eigenvalue weighted by molar-refractivity contribution is -0.133. The third-order valence-corrected chi connectivity index (χ3v) is 4.75. The summed E-state index contributed by atoms with van der Waals surface area (Å²) in [5.74, 6) is 1.72. The van der Waals surface area contributed by atoms with Crippen LogP contribution in [0.2, 0.25) is 5.02 Å². The Labute approximate surface area is 159 Å². The minimum atomic E-state index is -0.294. The zero-order valence-corrected chi connectivity index (χ0v) is 16.2. The molecule has 0 aromatic heterocycles. The van der Waals surface area contributed by atoms with E-state index in [2.05, 4.69) is 24.1 Å². The molecular formula is C19H27ClN2O4. The van der Waals surface area contributed by atoms with Crippen molar-refractivity contribution < 1.29 is 19.0 Å². The van der Waals surface area contributed by atoms with Gasteiger partial charge >= 0.3 is 0 Å². The van der Waals surface area contributed by atoms with Gasteiger partial charge in [0.1, 0.15) is 6.04 Å². The van der Waals surface area contributed by atoms with Crippen LogP contribution in [0.25, 0.3) is 0 Å². The summed E-state index contributed by atoms with van der Waals surface area (Å²) in [5, 5.41) is 3.56. The third kappa shape index (κ3) is 4.81. The number of nitrogens with zero attached hydrogens (tertiary/aromatic N) is 1. The number of amides is 1. The van der Waals surface area contributed by atoms with Crippen molar-refractivity contribution in [1.82, 2.24) is 10.2 Å². The SMILES string of the molecule is CC(C)CNC(=O)C1COCCN1Cc1cc(Cl)c2c(c1)OCCCO2. The lowest BCUT2D eigenvalue weighted by atomic mass is 10.1. The van der Waals surface area contributed by atoms with Gasteiger partial charge in [0, 0.05) is 26.1 Å². The maximum absolute atomic E-state index is 12.5. The van der Waals surface area contributed by atoms with E-state index in [1.54, 1.807) is 0 Å². The average Bonchev–Trinajstić information content (AvgIpc) is 2.86. The first-order valence-corrected chi connectivity index (χ1v) is 9.60. The Balaban J connectivity index is 1.72. The molecule has 0 radical (unpaired) electrons. The molecule has 3 rings (SSSR count). The first kappa shape index (κ1) is 19.3. The summed E-state index contributed by atoms with van der Waals surface area (Å²) >= 11 is 6.39. The number of carbonyl (C=O) groups is 1. The van der Waals surface area contributed by atoms with Crippen LogP contribution in [0.4, 0.5) is 0 Å². The molecule has 0 spiro atoms. The van der Waals surface area contributed by atoms with Gasteiger partial charge in [-0.2, -0.15) is 0 Å². The molecule has 26 heavy (non-hydrogen) atoms. The van der Waals surface area contributed by atoms with Gasteiger partial charge in [-0.05, 0) is 23.6 Å². The second-order valence-corrected chi connectivity index (χ2v) is 7.56. The third-order valence-electron chi connectivity index (χ3n) is 4.47. The smallest absolute Gasteiger partial charge is 0.239 e. The fourth-order valence-corrected chi connectivity index (χ4v) is 3.39. The molecule has 1 aromatic carbocycles. The van der Waals surface area contributed by atoms with Crippen LogP contribution in [-0.2, 0) is 16.1 Å². The first-order chi connectivity index (χ1) is 12.5. The van der Waals surface area contributed by atoms with E-state index in [9.17, 15) is 4.79 Å². The highest BCUT2D eigenvalue weighted by Crippen LogP contribution is 2.38. The van der Waals surface area contributed by atoms with Crippen molar-refractivity contribution in [2.24, 2.45) is 5.92 Å². The Morgan fingerprint density at radius 1 is 1.31 bits per heavy atom. The number of rotatable bonds is 5. The second kappa shape index (κ2) is 8.93. The van der Waals surface area contributed by atoms with E-state index in [0.717, 1.165) is 12.0 Å². The fourth-order valence-electron chi connectivity index (χ4n) is 3.10. The van der Waals surface area contributed by atoms with Crippen molar-refractivity contribution in [3.05, 3.63) is 22.7 Å². The van der Waals surface area contributed by atoms with Gasteiger partial charge in [0.05, 0.1) is 31.5 Å². The van der Waals surface area contributed by atoms with Crippen molar-refractivity contribution in [3.8, 4) is 11.5 Å². The lowest BCUT2D eigenvalue weighted by Gasteiger charge is -2.34. The summed E-state index contributed by atoms with van der Waals surface area (Å²) < 4.78 is 17.0. The summed E-state index contributed by atoms with van der Waals surface area (Å²) in [6.07, 6.45) is 0.835. The molecule has 1 fully saturated rings. The molecule has 2 aliphatic rings. The number of hydrogen-bond acceptors (Lipinski definition) is 5. The van der Waals surface area contributed by atoms with Crippen molar-refractivity contribution >= 4 is 17.5 Å². The van der Waals surface area contributed by atoms with E-state index < -0.39 is 0 Å². The van der Waals surface area contributed by atoms with Gasteiger partial charge in [0.2, 0.25) is 5.91 Å². The van der Waals surface area contributed by atoms with Gasteiger partial charge in [0.25, 0.3) is 0 Å². The maximum atomic E-state index is 12.5. The van der Waals surface area contributed by atoms with Gasteiger partial charge in [-0.3, -0.25) is 9.69 Å². The molecular weight excluding hydrogens is 356 g/mol. The van der Waals surface area contributed by atoms with E-state index in [1.165, 1.54) is 0 Å². The fraction of sp³-hybridized carbons (Fsp3) is 0.632. The van der Waals surface area contributed by atoms with Crippen LogP contribution in [0.5, 0.6) is 11.5 Å². The van der Waals surface area contributed by atoms with E-state index in [4.69, 9.17) is 25.8 Å². The summed E-state index contributed by atoms with van der Waals surface area (Å²) in [4.78, 5) is 14.7. The number of benzene rings is 1. The van der Waals surface area contributed by atoms with Crippen LogP contribution in [0, 0.1) is 5.92 Å². The van der Waals surface area contributed by atoms with Gasteiger partial charge in [-0.1, -0.05) is 25.4 Å². The van der Waals surface area contributed by atoms with Gasteiger partial charge in [-0.25, -0.2) is 0 Å². The number of morpholine rings is 1. The molecule has 2 aliphatic heterocycles. The van der Waals surface area contributed by atoms with Crippen molar-refractivity contribution in [3.63, 3.8) is 0 Å². The normalized spacial score (nSPS) is 20.7. The van der Waals surface area contributed by atoms with E-state index >= 15 is 0 Å². The zero-order valence-electron chi connectivity index (χ0n) is 15.4. The molecule has 0 saturated carbocycles. The molecule has 1 atom stereocenters. The Morgan fingerprint density at radius 3 is 2.92 bits per heavy atom. The molecule has 7 heteroatoms. The van der Waals surface area contributed by atoms with Crippen molar-refractivity contribution in [2.75, 3.05) is 39.5 Å². The summed E-state index contributed by atoms with van der Waals surface area (Å²) in [6.45, 7) is 8.38. The van der Waals surface area contributed by atoms with Crippen LogP contribution in [0.3, 0.4) is 0 Å². The van der Waals surface area contributed by atoms with Gasteiger partial charge in [0.15, 0.2) is 11.5 Å². The molecule has 0 bridgehead atoms. The highest BCUT2D eigenvalue weighted by Gasteiger charge is 2.30. The highest BCUT2D eigenvalue weighted by molar-refractivity contribution is 6.32. The zero-order chi connectivity index (χ0) is 18.5. The Kier molecular flexibility index (Phi) is 6.62. The molecule has 1 amide bonds. The standard InChI is InChI=1S/C19H27ClN2O4/c1-13(2)10-21-19(23)16-12-24-7-4-22(16)11-14-8-15(20)18-17(9-14)25-5-3-6-26-18/h8-9,13,16H,3-7,10-12H2,1-2H3,(H,21,23). The van der Waals surface area contributed by atoms with Crippen LogP contribution in [0.15, 0.2) is 12.1 Å². The first-order valence-electron chi connectivity index (χ1n) is 9.22. The molecule has 1 aromatic rings. The number of ether oxygens (including phenoxy) is 3. The Morgan fingerprint density at radius 2 is 2.12 bits per heavy atom. The predicted molar refractivity (Wildman–Crippen MR) is 99.9 cm³/mol. The molecule has 144 valence electrons. The van der Waals surface area contributed by atoms with Crippen LogP contribution in [0.1, 0.15) is 25.8 Å². The molecule has 1 N–H and O–H groups in total. The number of nitrogens with one attached hydrogen (secondary N) is 1. The monoisotopic (exact) mass is 382 g/mol.